The lowest BCUT2D eigenvalue weighted by Gasteiger charge is -2.25. The van der Waals surface area contributed by atoms with Gasteiger partial charge in [0.1, 0.15) is 0 Å². The van der Waals surface area contributed by atoms with Crippen molar-refractivity contribution in [3.05, 3.63) is 33.9 Å². The van der Waals surface area contributed by atoms with Gasteiger partial charge in [-0.05, 0) is 23.3 Å². The minimum absolute atomic E-state index is 0.547. The van der Waals surface area contributed by atoms with Gasteiger partial charge in [-0.2, -0.15) is 0 Å². The Hall–Kier alpha value is -0.225. The number of hydrogen-bond acceptors (Lipinski definition) is 4. The molecule has 13 heavy (non-hydrogen) atoms. The summed E-state index contributed by atoms with van der Waals surface area (Å²) in [5.41, 5.74) is 0. The van der Waals surface area contributed by atoms with Gasteiger partial charge in [-0.15, -0.1) is 23.1 Å². The third kappa shape index (κ3) is 1.46. The molecule has 5 heteroatoms. The summed E-state index contributed by atoms with van der Waals surface area (Å²) in [4.78, 5) is 1.03. The molecular formula is C8H9BO2S2. The highest BCUT2D eigenvalue weighted by Crippen LogP contribution is 2.47. The SMILES string of the molecule is OB(O)C1(c2cccs2)CC=CS1. The van der Waals surface area contributed by atoms with Crippen molar-refractivity contribution in [3.8, 4) is 0 Å². The molecule has 0 fully saturated rings. The van der Waals surface area contributed by atoms with E-state index in [9.17, 15) is 10.0 Å². The van der Waals surface area contributed by atoms with Gasteiger partial charge >= 0.3 is 7.12 Å². The predicted molar refractivity (Wildman–Crippen MR) is 57.5 cm³/mol. The Kier molecular flexibility index (Phi) is 2.51. The fraction of sp³-hybridized carbons (Fsp3) is 0.250. The topological polar surface area (TPSA) is 40.5 Å². The third-order valence-electron chi connectivity index (χ3n) is 2.15. The van der Waals surface area contributed by atoms with Crippen molar-refractivity contribution in [2.45, 2.75) is 11.1 Å². The Morgan fingerprint density at radius 1 is 1.46 bits per heavy atom. The highest BCUT2D eigenvalue weighted by atomic mass is 32.2. The largest absolute Gasteiger partial charge is 0.475 e. The zero-order valence-corrected chi connectivity index (χ0v) is 8.52. The summed E-state index contributed by atoms with van der Waals surface area (Å²) >= 11 is 3.05. The molecule has 0 bridgehead atoms. The van der Waals surface area contributed by atoms with Gasteiger partial charge in [0.15, 0.2) is 0 Å². The fourth-order valence-corrected chi connectivity index (χ4v) is 3.48. The summed E-state index contributed by atoms with van der Waals surface area (Å²) < 4.78 is -0.547. The van der Waals surface area contributed by atoms with Crippen molar-refractivity contribution in [1.82, 2.24) is 0 Å². The van der Waals surface area contributed by atoms with Crippen LogP contribution >= 0.6 is 23.1 Å². The van der Waals surface area contributed by atoms with E-state index in [-0.39, 0.29) is 0 Å². The van der Waals surface area contributed by atoms with E-state index in [1.807, 2.05) is 29.0 Å². The quantitative estimate of drug-likeness (QED) is 0.731. The number of thiophene rings is 1. The summed E-state index contributed by atoms with van der Waals surface area (Å²) in [6.45, 7) is 0. The van der Waals surface area contributed by atoms with E-state index in [2.05, 4.69) is 0 Å². The van der Waals surface area contributed by atoms with Gasteiger partial charge in [0, 0.05) is 4.88 Å². The van der Waals surface area contributed by atoms with Gasteiger partial charge in [-0.3, -0.25) is 0 Å². The monoisotopic (exact) mass is 212 g/mol. The van der Waals surface area contributed by atoms with Crippen LogP contribution in [0, 0.1) is 0 Å². The molecule has 0 aliphatic carbocycles. The Morgan fingerprint density at radius 2 is 2.31 bits per heavy atom. The van der Waals surface area contributed by atoms with Crippen LogP contribution in [0.3, 0.4) is 0 Å². The van der Waals surface area contributed by atoms with Crippen molar-refractivity contribution < 1.29 is 10.0 Å². The van der Waals surface area contributed by atoms with Crippen LogP contribution in [-0.4, -0.2) is 17.2 Å². The number of allylic oxidation sites excluding steroid dienone is 1. The molecule has 0 saturated carbocycles. The molecule has 0 amide bonds. The van der Waals surface area contributed by atoms with Gasteiger partial charge < -0.3 is 10.0 Å². The van der Waals surface area contributed by atoms with Gasteiger partial charge in [-0.25, -0.2) is 0 Å². The molecule has 1 aliphatic heterocycles. The zero-order chi connectivity index (χ0) is 9.31. The molecule has 2 heterocycles. The van der Waals surface area contributed by atoms with Crippen LogP contribution in [0.5, 0.6) is 0 Å². The molecule has 2 N–H and O–H groups in total. The molecule has 1 aromatic rings. The maximum Gasteiger partial charge on any atom is 0.475 e. The normalized spacial score (nSPS) is 26.6. The van der Waals surface area contributed by atoms with E-state index in [4.69, 9.17) is 0 Å². The van der Waals surface area contributed by atoms with Crippen LogP contribution in [0.1, 0.15) is 11.3 Å². The van der Waals surface area contributed by atoms with Gasteiger partial charge in [0.05, 0.1) is 4.65 Å². The van der Waals surface area contributed by atoms with Crippen molar-refractivity contribution in [3.63, 3.8) is 0 Å². The van der Waals surface area contributed by atoms with Crippen molar-refractivity contribution in [2.24, 2.45) is 0 Å². The standard InChI is InChI=1S/C8H9BO2S2/c10-9(11)8(4-2-6-13-8)7-3-1-5-12-7/h1-3,5-6,10-11H,4H2. The van der Waals surface area contributed by atoms with Crippen LogP contribution < -0.4 is 0 Å². The van der Waals surface area contributed by atoms with E-state index in [1.165, 1.54) is 11.8 Å². The molecular weight excluding hydrogens is 203 g/mol. The molecule has 2 nitrogen and oxygen atoms in total. The van der Waals surface area contributed by atoms with Gasteiger partial charge in [0.2, 0.25) is 0 Å². The van der Waals surface area contributed by atoms with E-state index < -0.39 is 11.8 Å². The smallest absolute Gasteiger partial charge is 0.426 e. The van der Waals surface area contributed by atoms with Crippen LogP contribution in [-0.2, 0) is 4.65 Å². The highest BCUT2D eigenvalue weighted by molar-refractivity contribution is 8.04. The van der Waals surface area contributed by atoms with Crippen molar-refractivity contribution >= 4 is 30.2 Å². The van der Waals surface area contributed by atoms with Gasteiger partial charge in [0.25, 0.3) is 0 Å². The first-order chi connectivity index (χ1) is 6.26. The third-order valence-corrected chi connectivity index (χ3v) is 4.67. The summed E-state index contributed by atoms with van der Waals surface area (Å²) in [6.07, 6.45) is 2.67. The molecule has 1 unspecified atom stereocenters. The second-order valence-corrected chi connectivity index (χ2v) is 5.12. The first kappa shape index (κ1) is 9.33. The molecule has 0 saturated heterocycles. The van der Waals surface area contributed by atoms with Crippen LogP contribution in [0.2, 0.25) is 0 Å². The molecule has 0 spiro atoms. The molecule has 2 rings (SSSR count). The molecule has 1 aliphatic rings. The predicted octanol–water partition coefficient (Wildman–Crippen LogP) is 1.61. The number of hydrogen-bond donors (Lipinski definition) is 2. The van der Waals surface area contributed by atoms with E-state index in [0.29, 0.717) is 6.42 Å². The average molecular weight is 212 g/mol. The maximum absolute atomic E-state index is 9.38. The fourth-order valence-electron chi connectivity index (χ4n) is 1.41. The van der Waals surface area contributed by atoms with Crippen molar-refractivity contribution in [2.75, 3.05) is 0 Å². The highest BCUT2D eigenvalue weighted by Gasteiger charge is 2.45. The summed E-state index contributed by atoms with van der Waals surface area (Å²) in [6, 6.07) is 3.88. The molecule has 1 atom stereocenters. The lowest BCUT2D eigenvalue weighted by atomic mass is 9.69. The molecule has 0 radical (unpaired) electrons. The number of rotatable bonds is 2. The minimum atomic E-state index is -1.30. The Morgan fingerprint density at radius 3 is 2.77 bits per heavy atom. The lowest BCUT2D eigenvalue weighted by Crippen LogP contribution is -2.38. The van der Waals surface area contributed by atoms with E-state index in [0.717, 1.165) is 4.88 Å². The van der Waals surface area contributed by atoms with E-state index >= 15 is 0 Å². The first-order valence-corrected chi connectivity index (χ1v) is 5.74. The summed E-state index contributed by atoms with van der Waals surface area (Å²) in [5.74, 6) is 0. The first-order valence-electron chi connectivity index (χ1n) is 3.99. The summed E-state index contributed by atoms with van der Waals surface area (Å²) in [7, 11) is -1.30. The Bertz CT molecular complexity index is 300. The second-order valence-electron chi connectivity index (χ2n) is 2.93. The summed E-state index contributed by atoms with van der Waals surface area (Å²) in [5, 5.41) is 22.6. The van der Waals surface area contributed by atoms with Crippen LogP contribution in [0.15, 0.2) is 29.0 Å². The average Bonchev–Trinajstić information content (AvgIpc) is 2.75. The molecule has 68 valence electrons. The lowest BCUT2D eigenvalue weighted by molar-refractivity contribution is 0.381. The Labute approximate surface area is 85.4 Å². The Balaban J connectivity index is 2.35. The number of thioether (sulfide) groups is 1. The van der Waals surface area contributed by atoms with Crippen molar-refractivity contribution in [1.29, 1.82) is 0 Å². The maximum atomic E-state index is 9.38. The minimum Gasteiger partial charge on any atom is -0.426 e. The zero-order valence-electron chi connectivity index (χ0n) is 6.88. The van der Waals surface area contributed by atoms with Crippen LogP contribution in [0.4, 0.5) is 0 Å². The second kappa shape index (κ2) is 3.50. The molecule has 0 aromatic carbocycles. The molecule has 1 aromatic heterocycles. The van der Waals surface area contributed by atoms with Crippen LogP contribution in [0.25, 0.3) is 0 Å². The van der Waals surface area contributed by atoms with Gasteiger partial charge in [-0.1, -0.05) is 12.1 Å². The van der Waals surface area contributed by atoms with E-state index in [1.54, 1.807) is 11.3 Å².